The second-order valence-corrected chi connectivity index (χ2v) is 5.57. The van der Waals surface area contributed by atoms with E-state index in [1.807, 2.05) is 6.92 Å². The van der Waals surface area contributed by atoms with Crippen molar-refractivity contribution >= 4 is 21.6 Å². The van der Waals surface area contributed by atoms with Gasteiger partial charge in [-0.15, -0.1) is 0 Å². The summed E-state index contributed by atoms with van der Waals surface area (Å²) in [5.41, 5.74) is 1.15. The van der Waals surface area contributed by atoms with Crippen LogP contribution in [0.4, 0.5) is 10.1 Å². The lowest BCUT2D eigenvalue weighted by Crippen LogP contribution is -2.19. The predicted octanol–water partition coefficient (Wildman–Crippen LogP) is 4.35. The smallest absolute Gasteiger partial charge is 0.273 e. The van der Waals surface area contributed by atoms with Crippen LogP contribution in [0.1, 0.15) is 24.1 Å². The molecule has 2 aromatic rings. The van der Waals surface area contributed by atoms with Crippen LogP contribution in [0.3, 0.4) is 0 Å². The molecule has 2 aromatic carbocycles. The molecule has 0 spiro atoms. The van der Waals surface area contributed by atoms with Crippen LogP contribution in [0.2, 0.25) is 0 Å². The number of hydrogen-bond acceptors (Lipinski definition) is 3. The summed E-state index contributed by atoms with van der Waals surface area (Å²) in [5.74, 6) is -0.305. The second-order valence-electron chi connectivity index (χ2n) is 4.65. The molecule has 110 valence electrons. The molecule has 6 heteroatoms. The van der Waals surface area contributed by atoms with Crippen LogP contribution in [0, 0.1) is 15.9 Å². The van der Waals surface area contributed by atoms with Gasteiger partial charge in [-0.1, -0.05) is 34.1 Å². The molecule has 0 radical (unpaired) electrons. The molecule has 0 aliphatic heterocycles. The van der Waals surface area contributed by atoms with Crippen molar-refractivity contribution in [2.45, 2.75) is 19.5 Å². The molecule has 0 saturated heterocycles. The fraction of sp³-hybridized carbons (Fsp3) is 0.200. The Morgan fingerprint density at radius 3 is 2.76 bits per heavy atom. The van der Waals surface area contributed by atoms with Gasteiger partial charge in [-0.05, 0) is 25.1 Å². The summed E-state index contributed by atoms with van der Waals surface area (Å²) >= 11 is 3.31. The van der Waals surface area contributed by atoms with Crippen molar-refractivity contribution in [1.29, 1.82) is 0 Å². The Morgan fingerprint density at radius 1 is 1.33 bits per heavy atom. The van der Waals surface area contributed by atoms with Gasteiger partial charge in [0.15, 0.2) is 0 Å². The topological polar surface area (TPSA) is 55.2 Å². The van der Waals surface area contributed by atoms with Crippen LogP contribution < -0.4 is 5.32 Å². The van der Waals surface area contributed by atoms with E-state index in [0.29, 0.717) is 17.7 Å². The summed E-state index contributed by atoms with van der Waals surface area (Å²) in [5, 5.41) is 14.1. The molecule has 1 unspecified atom stereocenters. The Labute approximate surface area is 130 Å². The number of rotatable bonds is 5. The Kier molecular flexibility index (Phi) is 5.03. The minimum absolute atomic E-state index is 0.0620. The monoisotopic (exact) mass is 352 g/mol. The lowest BCUT2D eigenvalue weighted by molar-refractivity contribution is -0.385. The van der Waals surface area contributed by atoms with Gasteiger partial charge in [0.25, 0.3) is 5.69 Å². The van der Waals surface area contributed by atoms with E-state index >= 15 is 0 Å². The summed E-state index contributed by atoms with van der Waals surface area (Å²) in [4.78, 5) is 10.5. The van der Waals surface area contributed by atoms with E-state index in [1.165, 1.54) is 12.1 Å². The number of nitro groups is 1. The molecule has 4 nitrogen and oxygen atoms in total. The maximum Gasteiger partial charge on any atom is 0.273 e. The molecule has 0 amide bonds. The molecule has 2 rings (SSSR count). The summed E-state index contributed by atoms with van der Waals surface area (Å²) in [6.07, 6.45) is 0. The number of nitrogens with one attached hydrogen (secondary N) is 1. The summed E-state index contributed by atoms with van der Waals surface area (Å²) in [6, 6.07) is 11.0. The second kappa shape index (κ2) is 6.78. The highest BCUT2D eigenvalue weighted by atomic mass is 79.9. The Bertz CT molecular complexity index is 664. The van der Waals surface area contributed by atoms with E-state index in [2.05, 4.69) is 21.2 Å². The van der Waals surface area contributed by atoms with Crippen LogP contribution in [0.15, 0.2) is 46.9 Å². The van der Waals surface area contributed by atoms with Crippen LogP contribution in [-0.4, -0.2) is 4.92 Å². The van der Waals surface area contributed by atoms with Gasteiger partial charge >= 0.3 is 0 Å². The van der Waals surface area contributed by atoms with E-state index in [0.717, 1.165) is 4.47 Å². The van der Waals surface area contributed by atoms with Gasteiger partial charge < -0.3 is 5.32 Å². The Morgan fingerprint density at radius 2 is 2.05 bits per heavy atom. The molecule has 0 aliphatic carbocycles. The fourth-order valence-electron chi connectivity index (χ4n) is 2.06. The minimum atomic E-state index is -0.415. The lowest BCUT2D eigenvalue weighted by atomic mass is 10.1. The van der Waals surface area contributed by atoms with Crippen molar-refractivity contribution in [3.05, 3.63) is 74.0 Å². The fourth-order valence-corrected chi connectivity index (χ4v) is 2.44. The largest absolute Gasteiger partial charge is 0.306 e. The van der Waals surface area contributed by atoms with Crippen molar-refractivity contribution < 1.29 is 9.31 Å². The van der Waals surface area contributed by atoms with E-state index < -0.39 is 4.92 Å². The Balaban J connectivity index is 2.13. The zero-order valence-corrected chi connectivity index (χ0v) is 12.9. The first-order valence-corrected chi connectivity index (χ1v) is 7.19. The summed E-state index contributed by atoms with van der Waals surface area (Å²) in [6.45, 7) is 2.11. The molecule has 21 heavy (non-hydrogen) atoms. The average molecular weight is 353 g/mol. The maximum atomic E-state index is 13.8. The van der Waals surface area contributed by atoms with E-state index in [9.17, 15) is 14.5 Å². The van der Waals surface area contributed by atoms with E-state index in [4.69, 9.17) is 0 Å². The van der Waals surface area contributed by atoms with Crippen LogP contribution in [-0.2, 0) is 6.54 Å². The standard InChI is InChI=1S/C15H14BrFN2O2/c1-10(13-8-12(16)6-7-14(13)17)18-9-11-4-2-3-5-15(11)19(20)21/h2-8,10,18H,9H2,1H3. The lowest BCUT2D eigenvalue weighted by Gasteiger charge is -2.15. The summed E-state index contributed by atoms with van der Waals surface area (Å²) in [7, 11) is 0. The normalized spacial score (nSPS) is 12.1. The number of benzene rings is 2. The number of hydrogen-bond donors (Lipinski definition) is 1. The number of nitrogens with zero attached hydrogens (tertiary/aromatic N) is 1. The van der Waals surface area contributed by atoms with Crippen molar-refractivity contribution in [3.8, 4) is 0 Å². The number of nitro benzene ring substituents is 1. The third-order valence-electron chi connectivity index (χ3n) is 3.21. The molecule has 0 aliphatic rings. The zero-order valence-electron chi connectivity index (χ0n) is 11.3. The van der Waals surface area contributed by atoms with Crippen LogP contribution >= 0.6 is 15.9 Å². The number of para-hydroxylation sites is 1. The van der Waals surface area contributed by atoms with Crippen LogP contribution in [0.25, 0.3) is 0 Å². The van der Waals surface area contributed by atoms with Gasteiger partial charge in [-0.25, -0.2) is 4.39 Å². The quantitative estimate of drug-likeness (QED) is 0.642. The van der Waals surface area contributed by atoms with Crippen molar-refractivity contribution in [2.75, 3.05) is 0 Å². The SMILES string of the molecule is CC(NCc1ccccc1[N+](=O)[O-])c1cc(Br)ccc1F. The molecule has 1 N–H and O–H groups in total. The molecular formula is C15H14BrFN2O2. The first-order chi connectivity index (χ1) is 9.99. The first-order valence-electron chi connectivity index (χ1n) is 6.39. The first kappa shape index (κ1) is 15.6. The highest BCUT2D eigenvalue weighted by Gasteiger charge is 2.15. The maximum absolute atomic E-state index is 13.8. The highest BCUT2D eigenvalue weighted by molar-refractivity contribution is 9.10. The molecule has 0 bridgehead atoms. The zero-order chi connectivity index (χ0) is 15.4. The number of halogens is 2. The average Bonchev–Trinajstić information content (AvgIpc) is 2.47. The highest BCUT2D eigenvalue weighted by Crippen LogP contribution is 2.23. The molecule has 0 heterocycles. The van der Waals surface area contributed by atoms with Gasteiger partial charge in [-0.3, -0.25) is 10.1 Å². The van der Waals surface area contributed by atoms with Gasteiger partial charge in [0.2, 0.25) is 0 Å². The minimum Gasteiger partial charge on any atom is -0.306 e. The van der Waals surface area contributed by atoms with Crippen molar-refractivity contribution in [1.82, 2.24) is 5.32 Å². The Hall–Kier alpha value is -1.79. The molecule has 1 atom stereocenters. The summed E-state index contributed by atoms with van der Waals surface area (Å²) < 4.78 is 14.6. The van der Waals surface area contributed by atoms with Gasteiger partial charge in [-0.2, -0.15) is 0 Å². The third kappa shape index (κ3) is 3.86. The van der Waals surface area contributed by atoms with Crippen LogP contribution in [0.5, 0.6) is 0 Å². The molecule has 0 fully saturated rings. The van der Waals surface area contributed by atoms with Crippen molar-refractivity contribution in [2.24, 2.45) is 0 Å². The molecule has 0 saturated carbocycles. The molecular weight excluding hydrogens is 339 g/mol. The third-order valence-corrected chi connectivity index (χ3v) is 3.70. The van der Waals surface area contributed by atoms with E-state index in [-0.39, 0.29) is 17.5 Å². The van der Waals surface area contributed by atoms with Gasteiger partial charge in [0.05, 0.1) is 4.92 Å². The predicted molar refractivity (Wildman–Crippen MR) is 82.5 cm³/mol. The van der Waals surface area contributed by atoms with Gasteiger partial charge in [0, 0.05) is 34.3 Å². The van der Waals surface area contributed by atoms with Crippen molar-refractivity contribution in [3.63, 3.8) is 0 Å². The van der Waals surface area contributed by atoms with Gasteiger partial charge in [0.1, 0.15) is 5.82 Å². The molecule has 0 aromatic heterocycles. The van der Waals surface area contributed by atoms with E-state index in [1.54, 1.807) is 30.3 Å².